The highest BCUT2D eigenvalue weighted by molar-refractivity contribution is 7.15. The molecule has 0 atom stereocenters. The molecule has 1 fully saturated rings. The second-order valence-corrected chi connectivity index (χ2v) is 6.89. The van der Waals surface area contributed by atoms with Gasteiger partial charge in [-0.1, -0.05) is 0 Å². The van der Waals surface area contributed by atoms with E-state index in [0.29, 0.717) is 18.8 Å². The van der Waals surface area contributed by atoms with E-state index in [1.165, 1.54) is 24.1 Å². The monoisotopic (exact) mass is 362 g/mol. The Hall–Kier alpha value is -2.68. The lowest BCUT2D eigenvalue weighted by Crippen LogP contribution is -2.47. The van der Waals surface area contributed by atoms with E-state index in [4.69, 9.17) is 4.74 Å². The molecule has 1 aliphatic heterocycles. The fourth-order valence-corrected chi connectivity index (χ4v) is 3.62. The Bertz CT molecular complexity index is 799. The van der Waals surface area contributed by atoms with Crippen molar-refractivity contribution in [1.82, 2.24) is 4.98 Å². The molecule has 0 radical (unpaired) electrons. The van der Waals surface area contributed by atoms with E-state index >= 15 is 0 Å². The zero-order chi connectivity index (χ0) is 18.0. The lowest BCUT2D eigenvalue weighted by atomic mass is 10.1. The van der Waals surface area contributed by atoms with Crippen LogP contribution >= 0.6 is 11.3 Å². The van der Waals surface area contributed by atoms with E-state index in [2.05, 4.69) is 9.88 Å². The molecule has 1 saturated heterocycles. The summed E-state index contributed by atoms with van der Waals surface area (Å²) in [5.74, 6) is -0.573. The molecule has 2 aromatic rings. The van der Waals surface area contributed by atoms with Gasteiger partial charge < -0.3 is 14.5 Å². The number of carbonyl (C=O) groups is 1. The average Bonchev–Trinajstić information content (AvgIpc) is 3.07. The van der Waals surface area contributed by atoms with E-state index in [1.807, 2.05) is 18.0 Å². The van der Waals surface area contributed by atoms with Crippen LogP contribution in [0.3, 0.4) is 0 Å². The van der Waals surface area contributed by atoms with Crippen LogP contribution in [0, 0.1) is 17.0 Å². The summed E-state index contributed by atoms with van der Waals surface area (Å²) in [7, 11) is 1.27. The molecule has 0 bridgehead atoms. The first-order valence-corrected chi connectivity index (χ1v) is 8.60. The van der Waals surface area contributed by atoms with Gasteiger partial charge in [-0.25, -0.2) is 9.78 Å². The Morgan fingerprint density at radius 3 is 2.52 bits per heavy atom. The minimum atomic E-state index is -0.573. The number of hydrogen-bond donors (Lipinski definition) is 0. The SMILES string of the molecule is COC(=O)c1cc([N+](=O)[O-])ccc1N1CCN(c2ncc(C)s2)CC1. The number of aromatic nitrogens is 1. The van der Waals surface area contributed by atoms with Crippen LogP contribution in [0.5, 0.6) is 0 Å². The van der Waals surface area contributed by atoms with Gasteiger partial charge in [0.1, 0.15) is 0 Å². The number of esters is 1. The number of nitro benzene ring substituents is 1. The molecule has 1 aromatic carbocycles. The number of ether oxygens (including phenoxy) is 1. The van der Waals surface area contributed by atoms with Crippen LogP contribution < -0.4 is 9.80 Å². The third-order valence-electron chi connectivity index (χ3n) is 4.10. The van der Waals surface area contributed by atoms with Crippen molar-refractivity contribution in [3.8, 4) is 0 Å². The smallest absolute Gasteiger partial charge is 0.340 e. The number of carbonyl (C=O) groups excluding carboxylic acids is 1. The fraction of sp³-hybridized carbons (Fsp3) is 0.375. The summed E-state index contributed by atoms with van der Waals surface area (Å²) in [6.45, 7) is 4.95. The van der Waals surface area contributed by atoms with Gasteiger partial charge in [0.15, 0.2) is 5.13 Å². The fourth-order valence-electron chi connectivity index (χ4n) is 2.81. The first-order valence-electron chi connectivity index (χ1n) is 7.78. The molecule has 9 heteroatoms. The van der Waals surface area contributed by atoms with E-state index in [0.717, 1.165) is 18.2 Å². The minimum Gasteiger partial charge on any atom is -0.465 e. The van der Waals surface area contributed by atoms with E-state index in [-0.39, 0.29) is 11.3 Å². The Balaban J connectivity index is 1.80. The summed E-state index contributed by atoms with van der Waals surface area (Å²) in [6, 6.07) is 4.31. The normalized spacial score (nSPS) is 14.5. The molecular weight excluding hydrogens is 344 g/mol. The van der Waals surface area contributed by atoms with Crippen LogP contribution in [0.25, 0.3) is 0 Å². The predicted molar refractivity (Wildman–Crippen MR) is 95.7 cm³/mol. The molecule has 132 valence electrons. The first-order chi connectivity index (χ1) is 12.0. The number of non-ortho nitro benzene ring substituents is 1. The van der Waals surface area contributed by atoms with Crippen molar-refractivity contribution < 1.29 is 14.5 Å². The highest BCUT2D eigenvalue weighted by Gasteiger charge is 2.25. The van der Waals surface area contributed by atoms with Crippen molar-refractivity contribution in [3.05, 3.63) is 45.0 Å². The average molecular weight is 362 g/mol. The minimum absolute atomic E-state index is 0.124. The van der Waals surface area contributed by atoms with Crippen LogP contribution in [0.15, 0.2) is 24.4 Å². The first kappa shape index (κ1) is 17.2. The molecule has 1 aromatic heterocycles. The third-order valence-corrected chi connectivity index (χ3v) is 5.07. The van der Waals surface area contributed by atoms with E-state index in [9.17, 15) is 14.9 Å². The topological polar surface area (TPSA) is 88.8 Å². The Labute approximate surface area is 148 Å². The lowest BCUT2D eigenvalue weighted by Gasteiger charge is -2.36. The van der Waals surface area contributed by atoms with E-state index in [1.54, 1.807) is 17.4 Å². The number of rotatable bonds is 4. The second-order valence-electron chi connectivity index (χ2n) is 5.68. The number of nitro groups is 1. The summed E-state index contributed by atoms with van der Waals surface area (Å²) in [4.78, 5) is 32.3. The molecule has 0 saturated carbocycles. The largest absolute Gasteiger partial charge is 0.465 e. The zero-order valence-electron chi connectivity index (χ0n) is 14.0. The van der Waals surface area contributed by atoms with Crippen LogP contribution in [0.2, 0.25) is 0 Å². The summed E-state index contributed by atoms with van der Waals surface area (Å²) in [5, 5.41) is 12.0. The van der Waals surface area contributed by atoms with Crippen LogP contribution in [-0.4, -0.2) is 49.2 Å². The summed E-state index contributed by atoms with van der Waals surface area (Å²) >= 11 is 1.66. The number of nitrogens with zero attached hydrogens (tertiary/aromatic N) is 4. The lowest BCUT2D eigenvalue weighted by molar-refractivity contribution is -0.384. The predicted octanol–water partition coefficient (Wildman–Crippen LogP) is 2.47. The quantitative estimate of drug-likeness (QED) is 0.469. The maximum absolute atomic E-state index is 12.1. The van der Waals surface area contributed by atoms with Crippen molar-refractivity contribution in [2.24, 2.45) is 0 Å². The number of thiazole rings is 1. The molecule has 0 aliphatic carbocycles. The number of hydrogen-bond acceptors (Lipinski definition) is 8. The Morgan fingerprint density at radius 1 is 1.28 bits per heavy atom. The van der Waals surface area contributed by atoms with Crippen LogP contribution in [0.4, 0.5) is 16.5 Å². The van der Waals surface area contributed by atoms with Crippen LogP contribution in [-0.2, 0) is 4.74 Å². The Morgan fingerprint density at radius 2 is 1.96 bits per heavy atom. The number of aryl methyl sites for hydroxylation is 1. The zero-order valence-corrected chi connectivity index (χ0v) is 14.8. The summed E-state index contributed by atoms with van der Waals surface area (Å²) in [6.07, 6.45) is 1.86. The summed E-state index contributed by atoms with van der Waals surface area (Å²) in [5.41, 5.74) is 0.753. The van der Waals surface area contributed by atoms with Gasteiger partial charge in [-0.3, -0.25) is 10.1 Å². The molecule has 0 amide bonds. The molecule has 0 spiro atoms. The molecule has 0 N–H and O–H groups in total. The van der Waals surface area contributed by atoms with Crippen molar-refractivity contribution in [2.75, 3.05) is 43.1 Å². The number of anilines is 2. The van der Waals surface area contributed by atoms with Crippen molar-refractivity contribution in [3.63, 3.8) is 0 Å². The van der Waals surface area contributed by atoms with Gasteiger partial charge in [0.05, 0.1) is 23.3 Å². The summed E-state index contributed by atoms with van der Waals surface area (Å²) < 4.78 is 4.79. The molecule has 0 unspecified atom stereocenters. The standard InChI is InChI=1S/C16H18N4O4S/c1-11-10-17-16(25-11)19-7-5-18(6-8-19)14-4-3-12(20(22)23)9-13(14)15(21)24-2/h3-4,9-10H,5-8H2,1-2H3. The molecule has 8 nitrogen and oxygen atoms in total. The van der Waals surface area contributed by atoms with Gasteiger partial charge in [-0.05, 0) is 13.0 Å². The molecule has 25 heavy (non-hydrogen) atoms. The second kappa shape index (κ2) is 7.06. The third kappa shape index (κ3) is 3.55. The maximum Gasteiger partial charge on any atom is 0.340 e. The highest BCUT2D eigenvalue weighted by atomic mass is 32.1. The number of piperazine rings is 1. The van der Waals surface area contributed by atoms with Gasteiger partial charge in [0.2, 0.25) is 0 Å². The number of benzene rings is 1. The van der Waals surface area contributed by atoms with Gasteiger partial charge in [-0.15, -0.1) is 11.3 Å². The van der Waals surface area contributed by atoms with Crippen molar-refractivity contribution in [1.29, 1.82) is 0 Å². The van der Waals surface area contributed by atoms with Gasteiger partial charge in [0.25, 0.3) is 5.69 Å². The van der Waals surface area contributed by atoms with Gasteiger partial charge in [-0.2, -0.15) is 0 Å². The molecular formula is C16H18N4O4S. The molecule has 3 rings (SSSR count). The molecule has 2 heterocycles. The highest BCUT2D eigenvalue weighted by Crippen LogP contribution is 2.29. The van der Waals surface area contributed by atoms with Crippen LogP contribution in [0.1, 0.15) is 15.2 Å². The van der Waals surface area contributed by atoms with Gasteiger partial charge >= 0.3 is 5.97 Å². The van der Waals surface area contributed by atoms with Gasteiger partial charge in [0, 0.05) is 49.4 Å². The maximum atomic E-state index is 12.1. The Kier molecular flexibility index (Phi) is 4.84. The van der Waals surface area contributed by atoms with Crippen molar-refractivity contribution >= 4 is 33.8 Å². The molecule has 1 aliphatic rings. The van der Waals surface area contributed by atoms with Crippen molar-refractivity contribution in [2.45, 2.75) is 6.92 Å². The number of methoxy groups -OCH3 is 1. The van der Waals surface area contributed by atoms with E-state index < -0.39 is 10.9 Å².